The Morgan fingerprint density at radius 1 is 1.16 bits per heavy atom. The van der Waals surface area contributed by atoms with E-state index in [-0.39, 0.29) is 5.56 Å². The maximum Gasteiger partial charge on any atom is 0.256 e. The molecule has 3 rings (SSSR count). The number of hydrogen-bond donors (Lipinski definition) is 1. The summed E-state index contributed by atoms with van der Waals surface area (Å²) in [6, 6.07) is 7.72. The quantitative estimate of drug-likeness (QED) is 0.893. The van der Waals surface area contributed by atoms with E-state index < -0.39 is 0 Å². The van der Waals surface area contributed by atoms with Crippen LogP contribution in [-0.4, -0.2) is 12.1 Å². The van der Waals surface area contributed by atoms with Crippen LogP contribution in [0.15, 0.2) is 29.1 Å². The molecular weight excluding hydrogens is 238 g/mol. The molecule has 0 radical (unpaired) electrons. The molecule has 1 aromatic carbocycles. The van der Waals surface area contributed by atoms with Crippen molar-refractivity contribution in [1.82, 2.24) is 4.98 Å². The molecule has 0 bridgehead atoms. The Morgan fingerprint density at radius 3 is 2.68 bits per heavy atom. The minimum atomic E-state index is 0.0146. The first-order valence-corrected chi connectivity index (χ1v) is 6.99. The Labute approximate surface area is 112 Å². The molecule has 19 heavy (non-hydrogen) atoms. The lowest BCUT2D eigenvalue weighted by molar-refractivity contribution is 0.415. The minimum absolute atomic E-state index is 0.0146. The Kier molecular flexibility index (Phi) is 3.28. The highest BCUT2D eigenvalue weighted by Gasteiger charge is 2.17. The standard InChI is InChI=1S/C16H19NO2/c1-19-13-7-8-14-12(9-13)10-15(17-16(14)18)11-5-3-2-4-6-11/h7-11H,2-6H2,1H3,(H,17,18). The molecule has 1 fully saturated rings. The molecule has 1 heterocycles. The summed E-state index contributed by atoms with van der Waals surface area (Å²) in [5.41, 5.74) is 1.10. The van der Waals surface area contributed by atoms with E-state index in [0.717, 1.165) is 22.2 Å². The second kappa shape index (κ2) is 5.08. The van der Waals surface area contributed by atoms with Crippen molar-refractivity contribution < 1.29 is 4.74 Å². The highest BCUT2D eigenvalue weighted by Crippen LogP contribution is 2.32. The Morgan fingerprint density at radius 2 is 1.95 bits per heavy atom. The number of nitrogens with one attached hydrogen (secondary N) is 1. The van der Waals surface area contributed by atoms with Gasteiger partial charge in [0.1, 0.15) is 5.75 Å². The van der Waals surface area contributed by atoms with Crippen LogP contribution in [-0.2, 0) is 0 Å². The van der Waals surface area contributed by atoms with Gasteiger partial charge in [-0.25, -0.2) is 0 Å². The molecule has 1 saturated carbocycles. The minimum Gasteiger partial charge on any atom is -0.497 e. The Hall–Kier alpha value is -1.77. The molecule has 3 heteroatoms. The van der Waals surface area contributed by atoms with E-state index in [4.69, 9.17) is 4.74 Å². The van der Waals surface area contributed by atoms with Crippen LogP contribution in [0.1, 0.15) is 43.7 Å². The summed E-state index contributed by atoms with van der Waals surface area (Å²) >= 11 is 0. The Balaban J connectivity index is 2.08. The maximum absolute atomic E-state index is 12.1. The summed E-state index contributed by atoms with van der Waals surface area (Å²) in [5.74, 6) is 1.31. The highest BCUT2D eigenvalue weighted by molar-refractivity contribution is 5.83. The predicted molar refractivity (Wildman–Crippen MR) is 76.9 cm³/mol. The van der Waals surface area contributed by atoms with E-state index in [2.05, 4.69) is 11.1 Å². The number of aromatic nitrogens is 1. The highest BCUT2D eigenvalue weighted by atomic mass is 16.5. The van der Waals surface area contributed by atoms with Gasteiger partial charge in [0.25, 0.3) is 5.56 Å². The van der Waals surface area contributed by atoms with Crippen LogP contribution in [0.4, 0.5) is 0 Å². The molecule has 1 aliphatic rings. The average Bonchev–Trinajstić information content (AvgIpc) is 2.47. The molecule has 0 atom stereocenters. The van der Waals surface area contributed by atoms with Gasteiger partial charge in [-0.05, 0) is 48.4 Å². The van der Waals surface area contributed by atoms with Gasteiger partial charge in [-0.2, -0.15) is 0 Å². The Bertz CT molecular complexity index is 639. The van der Waals surface area contributed by atoms with Crippen molar-refractivity contribution in [3.8, 4) is 5.75 Å². The van der Waals surface area contributed by atoms with Gasteiger partial charge in [-0.15, -0.1) is 0 Å². The summed E-state index contributed by atoms with van der Waals surface area (Å²) in [4.78, 5) is 15.2. The van der Waals surface area contributed by atoms with E-state index in [1.54, 1.807) is 7.11 Å². The van der Waals surface area contributed by atoms with E-state index >= 15 is 0 Å². The van der Waals surface area contributed by atoms with E-state index in [0.29, 0.717) is 5.92 Å². The summed E-state index contributed by atoms with van der Waals surface area (Å²) in [6.07, 6.45) is 6.23. The molecule has 1 aromatic heterocycles. The third-order valence-corrected chi connectivity index (χ3v) is 4.12. The van der Waals surface area contributed by atoms with Crippen molar-refractivity contribution in [2.24, 2.45) is 0 Å². The van der Waals surface area contributed by atoms with Crippen LogP contribution in [0, 0.1) is 0 Å². The molecular formula is C16H19NO2. The smallest absolute Gasteiger partial charge is 0.256 e. The number of pyridine rings is 1. The average molecular weight is 257 g/mol. The summed E-state index contributed by atoms with van der Waals surface area (Å²) < 4.78 is 5.24. The molecule has 1 N–H and O–H groups in total. The van der Waals surface area contributed by atoms with E-state index in [9.17, 15) is 4.79 Å². The molecule has 0 amide bonds. The predicted octanol–water partition coefficient (Wildman–Crippen LogP) is 3.58. The molecule has 1 aliphatic carbocycles. The third-order valence-electron chi connectivity index (χ3n) is 4.12. The van der Waals surface area contributed by atoms with Crippen molar-refractivity contribution in [3.63, 3.8) is 0 Å². The van der Waals surface area contributed by atoms with Crippen molar-refractivity contribution in [3.05, 3.63) is 40.3 Å². The number of benzene rings is 1. The van der Waals surface area contributed by atoms with Crippen LogP contribution in [0.3, 0.4) is 0 Å². The molecule has 0 saturated heterocycles. The van der Waals surface area contributed by atoms with E-state index in [1.807, 2.05) is 18.2 Å². The zero-order valence-corrected chi connectivity index (χ0v) is 11.2. The van der Waals surface area contributed by atoms with Gasteiger partial charge < -0.3 is 9.72 Å². The first kappa shape index (κ1) is 12.3. The number of H-pyrrole nitrogens is 1. The fourth-order valence-electron chi connectivity index (χ4n) is 3.03. The first-order chi connectivity index (χ1) is 9.28. The van der Waals surface area contributed by atoms with Crippen LogP contribution in [0.25, 0.3) is 10.8 Å². The molecule has 2 aromatic rings. The summed E-state index contributed by atoms with van der Waals surface area (Å²) in [6.45, 7) is 0. The first-order valence-electron chi connectivity index (χ1n) is 6.99. The lowest BCUT2D eigenvalue weighted by Crippen LogP contribution is -2.14. The van der Waals surface area contributed by atoms with Crippen LogP contribution in [0.2, 0.25) is 0 Å². The van der Waals surface area contributed by atoms with Crippen molar-refractivity contribution in [2.75, 3.05) is 7.11 Å². The number of aromatic amines is 1. The van der Waals surface area contributed by atoms with Gasteiger partial charge in [-0.1, -0.05) is 19.3 Å². The van der Waals surface area contributed by atoms with Gasteiger partial charge in [0.2, 0.25) is 0 Å². The van der Waals surface area contributed by atoms with Gasteiger partial charge in [0.05, 0.1) is 7.11 Å². The lowest BCUT2D eigenvalue weighted by Gasteiger charge is -2.21. The third kappa shape index (κ3) is 2.37. The zero-order valence-electron chi connectivity index (χ0n) is 11.2. The molecule has 0 unspecified atom stereocenters. The van der Waals surface area contributed by atoms with Crippen LogP contribution >= 0.6 is 0 Å². The zero-order chi connectivity index (χ0) is 13.2. The summed E-state index contributed by atoms with van der Waals surface area (Å²) in [7, 11) is 1.65. The number of methoxy groups -OCH3 is 1. The number of hydrogen-bond acceptors (Lipinski definition) is 2. The van der Waals surface area contributed by atoms with Gasteiger partial charge in [0, 0.05) is 11.1 Å². The fraction of sp³-hybridized carbons (Fsp3) is 0.438. The van der Waals surface area contributed by atoms with Gasteiger partial charge in [-0.3, -0.25) is 4.79 Å². The molecule has 3 nitrogen and oxygen atoms in total. The van der Waals surface area contributed by atoms with Gasteiger partial charge >= 0.3 is 0 Å². The number of ether oxygens (including phenoxy) is 1. The maximum atomic E-state index is 12.1. The number of fused-ring (bicyclic) bond motifs is 1. The van der Waals surface area contributed by atoms with Crippen LogP contribution in [0.5, 0.6) is 5.75 Å². The van der Waals surface area contributed by atoms with Crippen molar-refractivity contribution >= 4 is 10.8 Å². The fourth-order valence-corrected chi connectivity index (χ4v) is 3.03. The van der Waals surface area contributed by atoms with Crippen LogP contribution < -0.4 is 10.3 Å². The topological polar surface area (TPSA) is 42.1 Å². The number of rotatable bonds is 2. The molecule has 100 valence electrons. The monoisotopic (exact) mass is 257 g/mol. The molecule has 0 aliphatic heterocycles. The summed E-state index contributed by atoms with van der Waals surface area (Å²) in [5, 5.41) is 1.71. The molecule has 0 spiro atoms. The second-order valence-electron chi connectivity index (χ2n) is 5.34. The van der Waals surface area contributed by atoms with E-state index in [1.165, 1.54) is 32.1 Å². The largest absolute Gasteiger partial charge is 0.497 e. The normalized spacial score (nSPS) is 16.7. The van der Waals surface area contributed by atoms with Crippen molar-refractivity contribution in [1.29, 1.82) is 0 Å². The second-order valence-corrected chi connectivity index (χ2v) is 5.34. The SMILES string of the molecule is COc1ccc2c(=O)[nH]c(C3CCCCC3)cc2c1. The van der Waals surface area contributed by atoms with Crippen molar-refractivity contribution in [2.45, 2.75) is 38.0 Å². The van der Waals surface area contributed by atoms with Gasteiger partial charge in [0.15, 0.2) is 0 Å². The lowest BCUT2D eigenvalue weighted by atomic mass is 9.86.